The van der Waals surface area contributed by atoms with E-state index in [1.54, 1.807) is 11.3 Å². The number of rotatable bonds is 7. The molecule has 0 aliphatic heterocycles. The lowest BCUT2D eigenvalue weighted by molar-refractivity contribution is 0.0797. The molecule has 0 radical (unpaired) electrons. The third-order valence-electron chi connectivity index (χ3n) is 4.89. The molecule has 3 aromatic rings. The van der Waals surface area contributed by atoms with Crippen molar-refractivity contribution in [3.05, 3.63) is 64.0 Å². The van der Waals surface area contributed by atoms with Gasteiger partial charge in [-0.3, -0.25) is 9.89 Å². The van der Waals surface area contributed by atoms with Crippen LogP contribution in [0.2, 0.25) is 0 Å². The van der Waals surface area contributed by atoms with Gasteiger partial charge in [0.15, 0.2) is 0 Å². The number of hydrogen-bond donors (Lipinski definition) is 1. The number of benzene rings is 1. The van der Waals surface area contributed by atoms with Crippen molar-refractivity contribution >= 4 is 17.2 Å². The van der Waals surface area contributed by atoms with Crippen LogP contribution in [0.25, 0.3) is 11.3 Å². The van der Waals surface area contributed by atoms with Crippen LogP contribution in [0.1, 0.15) is 46.1 Å². The average molecular weight is 366 g/mol. The van der Waals surface area contributed by atoms with Gasteiger partial charge in [0.2, 0.25) is 0 Å². The Morgan fingerprint density at radius 1 is 1.27 bits per heavy atom. The molecular weight excluding hydrogens is 342 g/mol. The van der Waals surface area contributed by atoms with Gasteiger partial charge >= 0.3 is 0 Å². The molecule has 0 spiro atoms. The number of aryl methyl sites for hydroxylation is 1. The number of hydrogen-bond acceptors (Lipinski definition) is 3. The van der Waals surface area contributed by atoms with E-state index in [-0.39, 0.29) is 5.91 Å². The maximum Gasteiger partial charge on any atom is 0.263 e. The molecule has 5 heteroatoms. The first kappa shape index (κ1) is 17.0. The molecule has 1 aromatic carbocycles. The zero-order chi connectivity index (χ0) is 17.9. The summed E-state index contributed by atoms with van der Waals surface area (Å²) in [5.41, 5.74) is 4.46. The Balaban J connectivity index is 1.31. The van der Waals surface area contributed by atoms with Crippen molar-refractivity contribution in [2.75, 3.05) is 13.6 Å². The molecule has 0 saturated heterocycles. The van der Waals surface area contributed by atoms with Crippen LogP contribution in [-0.2, 0) is 6.42 Å². The fraction of sp³-hybridized carbons (Fsp3) is 0.333. The number of nitrogens with zero attached hydrogens (tertiary/aromatic N) is 2. The van der Waals surface area contributed by atoms with Crippen molar-refractivity contribution in [3.63, 3.8) is 0 Å². The summed E-state index contributed by atoms with van der Waals surface area (Å²) in [7, 11) is 1.90. The molecule has 1 aliphatic carbocycles. The lowest BCUT2D eigenvalue weighted by Crippen LogP contribution is -2.28. The topological polar surface area (TPSA) is 49.0 Å². The Labute approximate surface area is 157 Å². The predicted molar refractivity (Wildman–Crippen MR) is 106 cm³/mol. The normalized spacial score (nSPS) is 13.7. The fourth-order valence-corrected chi connectivity index (χ4v) is 4.22. The smallest absolute Gasteiger partial charge is 0.263 e. The Morgan fingerprint density at radius 2 is 2.08 bits per heavy atom. The lowest BCUT2D eigenvalue weighted by Gasteiger charge is -2.17. The van der Waals surface area contributed by atoms with Crippen molar-refractivity contribution in [3.8, 4) is 11.3 Å². The zero-order valence-corrected chi connectivity index (χ0v) is 15.8. The van der Waals surface area contributed by atoms with E-state index in [0.717, 1.165) is 41.2 Å². The van der Waals surface area contributed by atoms with E-state index in [1.807, 2.05) is 35.5 Å². The van der Waals surface area contributed by atoms with Gasteiger partial charge in [-0.25, -0.2) is 0 Å². The second-order valence-corrected chi connectivity index (χ2v) is 7.87. The molecule has 1 aliphatic rings. The number of carbonyl (C=O) groups excluding carboxylic acids is 1. The molecule has 26 heavy (non-hydrogen) atoms. The number of aromatic nitrogens is 2. The fourth-order valence-electron chi connectivity index (χ4n) is 3.24. The van der Waals surface area contributed by atoms with Crippen LogP contribution in [0.5, 0.6) is 0 Å². The van der Waals surface area contributed by atoms with E-state index in [1.165, 1.54) is 18.4 Å². The lowest BCUT2D eigenvalue weighted by atomic mass is 10.1. The maximum atomic E-state index is 12.7. The van der Waals surface area contributed by atoms with E-state index in [4.69, 9.17) is 0 Å². The van der Waals surface area contributed by atoms with Gasteiger partial charge in [-0.05, 0) is 54.7 Å². The minimum absolute atomic E-state index is 0.163. The monoisotopic (exact) mass is 365 g/mol. The van der Waals surface area contributed by atoms with Crippen molar-refractivity contribution < 1.29 is 4.79 Å². The second kappa shape index (κ2) is 7.46. The van der Waals surface area contributed by atoms with Gasteiger partial charge in [-0.2, -0.15) is 5.10 Å². The van der Waals surface area contributed by atoms with Gasteiger partial charge in [-0.15, -0.1) is 11.3 Å². The summed E-state index contributed by atoms with van der Waals surface area (Å²) < 4.78 is 0. The molecule has 2 aromatic heterocycles. The van der Waals surface area contributed by atoms with Crippen molar-refractivity contribution in [2.45, 2.75) is 31.6 Å². The number of amides is 1. The summed E-state index contributed by atoms with van der Waals surface area (Å²) in [6.45, 7) is 0.751. The van der Waals surface area contributed by atoms with Crippen LogP contribution in [0.3, 0.4) is 0 Å². The Bertz CT molecular complexity index is 880. The third kappa shape index (κ3) is 3.73. The number of thiophene rings is 1. The molecule has 1 saturated carbocycles. The van der Waals surface area contributed by atoms with Gasteiger partial charge in [0.1, 0.15) is 0 Å². The Morgan fingerprint density at radius 3 is 2.85 bits per heavy atom. The number of aromatic amines is 1. The average Bonchev–Trinajstić information content (AvgIpc) is 3.20. The third-order valence-corrected chi connectivity index (χ3v) is 5.81. The number of nitrogens with one attached hydrogen (secondary N) is 1. The Hall–Kier alpha value is -2.40. The summed E-state index contributed by atoms with van der Waals surface area (Å²) in [6.07, 6.45) is 4.26. The van der Waals surface area contributed by atoms with Crippen molar-refractivity contribution in [1.82, 2.24) is 15.1 Å². The van der Waals surface area contributed by atoms with Crippen molar-refractivity contribution in [1.29, 1.82) is 0 Å². The highest BCUT2D eigenvalue weighted by molar-refractivity contribution is 7.12. The van der Waals surface area contributed by atoms with Crippen molar-refractivity contribution in [2.24, 2.45) is 0 Å². The van der Waals surface area contributed by atoms with E-state index < -0.39 is 0 Å². The first-order chi connectivity index (χ1) is 12.7. The van der Waals surface area contributed by atoms with Gasteiger partial charge in [0, 0.05) is 24.8 Å². The van der Waals surface area contributed by atoms with Gasteiger partial charge in [-0.1, -0.05) is 30.3 Å². The highest BCUT2D eigenvalue weighted by atomic mass is 32.1. The minimum Gasteiger partial charge on any atom is -0.341 e. The van der Waals surface area contributed by atoms with Crippen LogP contribution < -0.4 is 0 Å². The van der Waals surface area contributed by atoms with E-state index in [0.29, 0.717) is 5.92 Å². The molecular formula is C21H23N3OS. The minimum atomic E-state index is 0.163. The second-order valence-electron chi connectivity index (χ2n) is 6.95. The molecule has 2 heterocycles. The summed E-state index contributed by atoms with van der Waals surface area (Å²) >= 11 is 1.58. The summed E-state index contributed by atoms with van der Waals surface area (Å²) in [5.74, 6) is 0.784. The summed E-state index contributed by atoms with van der Waals surface area (Å²) in [6, 6.07) is 14.4. The van der Waals surface area contributed by atoms with Crippen LogP contribution in [0, 0.1) is 0 Å². The predicted octanol–water partition coefficient (Wildman–Crippen LogP) is 4.72. The highest BCUT2D eigenvalue weighted by Gasteiger charge is 2.29. The van der Waals surface area contributed by atoms with E-state index in [9.17, 15) is 4.79 Å². The number of carbonyl (C=O) groups is 1. The van der Waals surface area contributed by atoms with Crippen LogP contribution in [0.15, 0.2) is 47.8 Å². The van der Waals surface area contributed by atoms with Crippen LogP contribution >= 0.6 is 11.3 Å². The molecule has 4 rings (SSSR count). The molecule has 1 N–H and O–H groups in total. The zero-order valence-electron chi connectivity index (χ0n) is 14.9. The van der Waals surface area contributed by atoms with Gasteiger partial charge in [0.25, 0.3) is 5.91 Å². The first-order valence-electron chi connectivity index (χ1n) is 9.15. The van der Waals surface area contributed by atoms with Gasteiger partial charge in [0.05, 0.1) is 10.6 Å². The SMILES string of the molecule is CN(CCCc1cc(-c2ccccc2)n[nH]1)C(=O)c1sccc1C1CC1. The molecule has 0 bridgehead atoms. The molecule has 134 valence electrons. The molecule has 4 nitrogen and oxygen atoms in total. The quantitative estimate of drug-likeness (QED) is 0.658. The summed E-state index contributed by atoms with van der Waals surface area (Å²) in [4.78, 5) is 15.5. The molecule has 1 fully saturated rings. The van der Waals surface area contributed by atoms with Gasteiger partial charge < -0.3 is 4.90 Å². The highest BCUT2D eigenvalue weighted by Crippen LogP contribution is 2.43. The molecule has 0 unspecified atom stereocenters. The van der Waals surface area contributed by atoms with E-state index >= 15 is 0 Å². The summed E-state index contributed by atoms with van der Waals surface area (Å²) in [5, 5.41) is 9.56. The van der Waals surface area contributed by atoms with E-state index in [2.05, 4.69) is 34.5 Å². The number of H-pyrrole nitrogens is 1. The Kier molecular flexibility index (Phi) is 4.89. The first-order valence-corrected chi connectivity index (χ1v) is 10.0. The maximum absolute atomic E-state index is 12.7. The van der Waals surface area contributed by atoms with Crippen LogP contribution in [0.4, 0.5) is 0 Å². The molecule has 0 atom stereocenters. The molecule has 1 amide bonds. The largest absolute Gasteiger partial charge is 0.341 e. The standard InChI is InChI=1S/C21H23N3OS/c1-24(21(25)20-18(11-13-26-20)15-9-10-15)12-5-8-17-14-19(23-22-17)16-6-3-2-4-7-16/h2-4,6-7,11,13-15H,5,8-10,12H2,1H3,(H,22,23). The van der Waals surface area contributed by atoms with Crippen LogP contribution in [-0.4, -0.2) is 34.6 Å².